The first kappa shape index (κ1) is 8.21. The number of phenolic OH excluding ortho intramolecular Hbond substituents is 1. The van der Waals surface area contributed by atoms with E-state index in [1.165, 1.54) is 11.8 Å². The molecule has 0 spiro atoms. The minimum absolute atomic E-state index is 0.320. The van der Waals surface area contributed by atoms with Gasteiger partial charge in [0.15, 0.2) is 0 Å². The summed E-state index contributed by atoms with van der Waals surface area (Å²) in [4.78, 5) is 1.84. The van der Waals surface area contributed by atoms with Gasteiger partial charge in [0.2, 0.25) is 0 Å². The molecule has 0 saturated heterocycles. The molecule has 0 aliphatic carbocycles. The Morgan fingerprint density at radius 3 is 2.64 bits per heavy atom. The zero-order valence-electron chi connectivity index (χ0n) is 6.37. The normalized spacial score (nSPS) is 9.55. The summed E-state index contributed by atoms with van der Waals surface area (Å²) in [5.41, 5.74) is 0. The number of aromatic hydroxyl groups is 1. The van der Waals surface area contributed by atoms with Crippen LogP contribution in [0.3, 0.4) is 0 Å². The Morgan fingerprint density at radius 1 is 1.45 bits per heavy atom. The maximum absolute atomic E-state index is 9.30. The summed E-state index contributed by atoms with van der Waals surface area (Å²) < 4.78 is 0. The number of thioether (sulfide) groups is 1. The van der Waals surface area contributed by atoms with Crippen LogP contribution in [0, 0.1) is 0 Å². The molecule has 0 atom stereocenters. The summed E-state index contributed by atoms with van der Waals surface area (Å²) in [5.74, 6) is 0.320. The van der Waals surface area contributed by atoms with Gasteiger partial charge in [0.05, 0.1) is 4.90 Å². The van der Waals surface area contributed by atoms with Crippen LogP contribution in [0.15, 0.2) is 40.6 Å². The first-order valence-electron chi connectivity index (χ1n) is 3.31. The summed E-state index contributed by atoms with van der Waals surface area (Å²) in [6.45, 7) is 5.66. The topological polar surface area (TPSA) is 20.2 Å². The lowest BCUT2D eigenvalue weighted by molar-refractivity contribution is 0.462. The third kappa shape index (κ3) is 2.31. The van der Waals surface area contributed by atoms with Crippen molar-refractivity contribution in [2.45, 2.75) is 11.8 Å². The van der Waals surface area contributed by atoms with Gasteiger partial charge in [-0.2, -0.15) is 0 Å². The van der Waals surface area contributed by atoms with Crippen molar-refractivity contribution in [2.75, 3.05) is 0 Å². The van der Waals surface area contributed by atoms with E-state index < -0.39 is 0 Å². The monoisotopic (exact) mass is 166 g/mol. The lowest BCUT2D eigenvalue weighted by Crippen LogP contribution is -1.71. The van der Waals surface area contributed by atoms with Gasteiger partial charge < -0.3 is 5.11 Å². The quantitative estimate of drug-likeness (QED) is 0.681. The molecule has 2 heteroatoms. The van der Waals surface area contributed by atoms with Crippen LogP contribution in [0.25, 0.3) is 0 Å². The Balaban J connectivity index is 2.86. The van der Waals surface area contributed by atoms with E-state index >= 15 is 0 Å². The SMILES string of the molecule is C=C(C)Sc1ccccc1O. The van der Waals surface area contributed by atoms with Gasteiger partial charge in [0.25, 0.3) is 0 Å². The summed E-state index contributed by atoms with van der Waals surface area (Å²) in [7, 11) is 0. The molecule has 0 bridgehead atoms. The zero-order valence-corrected chi connectivity index (χ0v) is 7.19. The van der Waals surface area contributed by atoms with Gasteiger partial charge in [-0.25, -0.2) is 0 Å². The Kier molecular flexibility index (Phi) is 2.60. The predicted molar refractivity (Wildman–Crippen MR) is 48.8 cm³/mol. The second kappa shape index (κ2) is 3.49. The van der Waals surface area contributed by atoms with Crippen LogP contribution in [-0.2, 0) is 0 Å². The van der Waals surface area contributed by atoms with Crippen LogP contribution in [0.5, 0.6) is 5.75 Å². The third-order valence-electron chi connectivity index (χ3n) is 1.15. The standard InChI is InChI=1S/C9H10OS/c1-7(2)11-9-6-4-3-5-8(9)10/h3-6,10H,1H2,2H3. The molecule has 11 heavy (non-hydrogen) atoms. The van der Waals surface area contributed by atoms with Crippen molar-refractivity contribution < 1.29 is 5.11 Å². The van der Waals surface area contributed by atoms with E-state index in [9.17, 15) is 5.11 Å². The first-order valence-corrected chi connectivity index (χ1v) is 4.13. The molecule has 0 aliphatic rings. The minimum atomic E-state index is 0.320. The molecule has 1 aromatic carbocycles. The molecule has 0 unspecified atom stereocenters. The van der Waals surface area contributed by atoms with E-state index in [2.05, 4.69) is 6.58 Å². The number of allylic oxidation sites excluding steroid dienone is 1. The maximum Gasteiger partial charge on any atom is 0.129 e. The molecule has 1 nitrogen and oxygen atoms in total. The highest BCUT2D eigenvalue weighted by Gasteiger charge is 1.98. The fraction of sp³-hybridized carbons (Fsp3) is 0.111. The van der Waals surface area contributed by atoms with Crippen molar-refractivity contribution in [3.63, 3.8) is 0 Å². The lowest BCUT2D eigenvalue weighted by atomic mass is 10.3. The summed E-state index contributed by atoms with van der Waals surface area (Å²) in [5, 5.41) is 9.30. The predicted octanol–water partition coefficient (Wildman–Crippen LogP) is 3.02. The third-order valence-corrected chi connectivity index (χ3v) is 2.06. The minimum Gasteiger partial charge on any atom is -0.507 e. The van der Waals surface area contributed by atoms with E-state index in [0.717, 1.165) is 9.80 Å². The highest BCUT2D eigenvalue weighted by Crippen LogP contribution is 2.31. The summed E-state index contributed by atoms with van der Waals surface area (Å²) in [6.07, 6.45) is 0. The lowest BCUT2D eigenvalue weighted by Gasteiger charge is -2.01. The Hall–Kier alpha value is -0.890. The van der Waals surface area contributed by atoms with Crippen molar-refractivity contribution in [1.29, 1.82) is 0 Å². The van der Waals surface area contributed by atoms with Crippen LogP contribution in [-0.4, -0.2) is 5.11 Å². The highest BCUT2D eigenvalue weighted by molar-refractivity contribution is 8.03. The van der Waals surface area contributed by atoms with Crippen molar-refractivity contribution in [1.82, 2.24) is 0 Å². The average Bonchev–Trinajstić information content (AvgIpc) is 1.93. The van der Waals surface area contributed by atoms with E-state index in [1.54, 1.807) is 12.1 Å². The number of hydrogen-bond donors (Lipinski definition) is 1. The van der Waals surface area contributed by atoms with E-state index in [1.807, 2.05) is 19.1 Å². The number of rotatable bonds is 2. The van der Waals surface area contributed by atoms with Gasteiger partial charge in [0.1, 0.15) is 5.75 Å². The van der Waals surface area contributed by atoms with Crippen molar-refractivity contribution in [3.05, 3.63) is 35.7 Å². The van der Waals surface area contributed by atoms with Crippen LogP contribution >= 0.6 is 11.8 Å². The van der Waals surface area contributed by atoms with Crippen molar-refractivity contribution in [3.8, 4) is 5.75 Å². The fourth-order valence-corrected chi connectivity index (χ4v) is 1.43. The summed E-state index contributed by atoms with van der Waals surface area (Å²) >= 11 is 1.48. The molecule has 58 valence electrons. The largest absolute Gasteiger partial charge is 0.507 e. The smallest absolute Gasteiger partial charge is 0.129 e. The van der Waals surface area contributed by atoms with Gasteiger partial charge in [0, 0.05) is 0 Å². The molecule has 0 amide bonds. The Bertz CT molecular complexity index is 268. The zero-order chi connectivity index (χ0) is 8.27. The van der Waals surface area contributed by atoms with Gasteiger partial charge in [-0.1, -0.05) is 30.5 Å². The van der Waals surface area contributed by atoms with Crippen molar-refractivity contribution >= 4 is 11.8 Å². The van der Waals surface area contributed by atoms with Gasteiger partial charge in [-0.3, -0.25) is 0 Å². The van der Waals surface area contributed by atoms with Crippen LogP contribution in [0.4, 0.5) is 0 Å². The van der Waals surface area contributed by atoms with Gasteiger partial charge >= 0.3 is 0 Å². The van der Waals surface area contributed by atoms with Gasteiger partial charge in [-0.15, -0.1) is 0 Å². The second-order valence-corrected chi connectivity index (χ2v) is 3.61. The highest BCUT2D eigenvalue weighted by atomic mass is 32.2. The second-order valence-electron chi connectivity index (χ2n) is 2.27. The molecular formula is C9H10OS. The van der Waals surface area contributed by atoms with Crippen LogP contribution < -0.4 is 0 Å². The first-order chi connectivity index (χ1) is 5.20. The fourth-order valence-electron chi connectivity index (χ4n) is 0.731. The molecule has 0 radical (unpaired) electrons. The van der Waals surface area contributed by atoms with E-state index in [-0.39, 0.29) is 0 Å². The molecule has 0 aliphatic heterocycles. The summed E-state index contributed by atoms with van der Waals surface area (Å²) in [6, 6.07) is 7.24. The van der Waals surface area contributed by atoms with Crippen LogP contribution in [0.1, 0.15) is 6.92 Å². The molecule has 0 heterocycles. The number of phenols is 1. The number of para-hydroxylation sites is 1. The molecule has 0 aromatic heterocycles. The van der Waals surface area contributed by atoms with Crippen LogP contribution in [0.2, 0.25) is 0 Å². The molecule has 0 fully saturated rings. The molecule has 1 aromatic rings. The molecule has 1 N–H and O–H groups in total. The average molecular weight is 166 g/mol. The van der Waals surface area contributed by atoms with Gasteiger partial charge in [-0.05, 0) is 24.0 Å². The Labute approximate surface area is 70.8 Å². The molecule has 1 rings (SSSR count). The maximum atomic E-state index is 9.30. The number of hydrogen-bond acceptors (Lipinski definition) is 2. The van der Waals surface area contributed by atoms with E-state index in [4.69, 9.17) is 0 Å². The van der Waals surface area contributed by atoms with E-state index in [0.29, 0.717) is 5.75 Å². The number of benzene rings is 1. The Morgan fingerprint density at radius 2 is 2.09 bits per heavy atom. The molecular weight excluding hydrogens is 156 g/mol. The van der Waals surface area contributed by atoms with Crippen molar-refractivity contribution in [2.24, 2.45) is 0 Å². The molecule has 0 saturated carbocycles.